The summed E-state index contributed by atoms with van der Waals surface area (Å²) in [4.78, 5) is 0. The Kier molecular flexibility index (Phi) is 3.23. The van der Waals surface area contributed by atoms with Crippen molar-refractivity contribution in [3.8, 4) is 5.69 Å². The Bertz CT molecular complexity index is 642. The number of sulfonamides is 1. The molecular weight excluding hydrogens is 250 g/mol. The van der Waals surface area contributed by atoms with Gasteiger partial charge < -0.3 is 0 Å². The molecule has 0 atom stereocenters. The van der Waals surface area contributed by atoms with Crippen LogP contribution in [0.15, 0.2) is 41.6 Å². The molecule has 0 bridgehead atoms. The summed E-state index contributed by atoms with van der Waals surface area (Å²) in [6, 6.07) is 8.95. The molecule has 0 radical (unpaired) electrons. The Morgan fingerprint density at radius 1 is 1.17 bits per heavy atom. The molecule has 0 amide bonds. The SMILES string of the molecule is CC(C)c1ccc(-n2nccc2S(N)(=O)=O)cc1. The van der Waals surface area contributed by atoms with Gasteiger partial charge in [-0.25, -0.2) is 18.2 Å². The summed E-state index contributed by atoms with van der Waals surface area (Å²) >= 11 is 0. The Hall–Kier alpha value is -1.66. The minimum absolute atomic E-state index is 0.0141. The van der Waals surface area contributed by atoms with Crippen LogP contribution in [-0.4, -0.2) is 18.2 Å². The van der Waals surface area contributed by atoms with Gasteiger partial charge in [0.1, 0.15) is 0 Å². The Balaban J connectivity index is 2.47. The number of benzene rings is 1. The highest BCUT2D eigenvalue weighted by molar-refractivity contribution is 7.89. The fourth-order valence-electron chi connectivity index (χ4n) is 1.70. The number of aromatic nitrogens is 2. The fraction of sp³-hybridized carbons (Fsp3) is 0.250. The highest BCUT2D eigenvalue weighted by Gasteiger charge is 2.15. The van der Waals surface area contributed by atoms with Gasteiger partial charge in [0.05, 0.1) is 11.9 Å². The van der Waals surface area contributed by atoms with E-state index in [9.17, 15) is 8.42 Å². The zero-order valence-corrected chi connectivity index (χ0v) is 11.1. The lowest BCUT2D eigenvalue weighted by atomic mass is 10.0. The van der Waals surface area contributed by atoms with Crippen LogP contribution >= 0.6 is 0 Å². The maximum Gasteiger partial charge on any atom is 0.255 e. The molecule has 0 saturated carbocycles. The lowest BCUT2D eigenvalue weighted by Gasteiger charge is -2.08. The summed E-state index contributed by atoms with van der Waals surface area (Å²) in [5.41, 5.74) is 1.86. The summed E-state index contributed by atoms with van der Waals surface area (Å²) in [5, 5.41) is 9.10. The van der Waals surface area contributed by atoms with Crippen LogP contribution in [-0.2, 0) is 10.0 Å². The van der Waals surface area contributed by atoms with Gasteiger partial charge in [0.25, 0.3) is 10.0 Å². The number of hydrogen-bond donors (Lipinski definition) is 1. The number of nitrogens with zero attached hydrogens (tertiary/aromatic N) is 2. The molecule has 0 unspecified atom stereocenters. The molecule has 96 valence electrons. The van der Waals surface area contributed by atoms with E-state index in [4.69, 9.17) is 5.14 Å². The van der Waals surface area contributed by atoms with Crippen LogP contribution in [0.5, 0.6) is 0 Å². The number of nitrogens with two attached hydrogens (primary N) is 1. The average Bonchev–Trinajstić information content (AvgIpc) is 2.77. The molecule has 1 aromatic carbocycles. The molecule has 2 aromatic rings. The van der Waals surface area contributed by atoms with Crippen LogP contribution in [0.2, 0.25) is 0 Å². The van der Waals surface area contributed by atoms with Crippen molar-refractivity contribution in [1.82, 2.24) is 9.78 Å². The fourth-order valence-corrected chi connectivity index (χ4v) is 2.35. The van der Waals surface area contributed by atoms with E-state index in [1.54, 1.807) is 0 Å². The van der Waals surface area contributed by atoms with Crippen molar-refractivity contribution in [2.24, 2.45) is 5.14 Å². The second-order valence-corrected chi connectivity index (χ2v) is 5.88. The molecule has 2 rings (SSSR count). The normalized spacial score (nSPS) is 12.0. The molecule has 0 spiro atoms. The Morgan fingerprint density at radius 3 is 2.28 bits per heavy atom. The molecule has 2 N–H and O–H groups in total. The third kappa shape index (κ3) is 2.44. The van der Waals surface area contributed by atoms with Gasteiger partial charge in [-0.1, -0.05) is 26.0 Å². The molecule has 0 aliphatic carbocycles. The van der Waals surface area contributed by atoms with Crippen LogP contribution < -0.4 is 5.14 Å². The van der Waals surface area contributed by atoms with E-state index in [0.29, 0.717) is 11.6 Å². The van der Waals surface area contributed by atoms with Crippen molar-refractivity contribution in [2.45, 2.75) is 24.8 Å². The van der Waals surface area contributed by atoms with Crippen LogP contribution in [0, 0.1) is 0 Å². The zero-order valence-electron chi connectivity index (χ0n) is 10.2. The van der Waals surface area contributed by atoms with Gasteiger partial charge in [-0.05, 0) is 29.7 Å². The first-order valence-corrected chi connectivity index (χ1v) is 7.11. The number of primary sulfonamides is 1. The van der Waals surface area contributed by atoms with Crippen LogP contribution in [0.3, 0.4) is 0 Å². The first-order valence-electron chi connectivity index (χ1n) is 5.57. The maximum absolute atomic E-state index is 11.4. The standard InChI is InChI=1S/C12H15N3O2S/c1-9(2)10-3-5-11(6-4-10)15-12(7-8-14-15)18(13,16)17/h3-9H,1-2H3,(H2,13,16,17). The minimum atomic E-state index is -3.76. The highest BCUT2D eigenvalue weighted by Crippen LogP contribution is 2.18. The van der Waals surface area contributed by atoms with Crippen molar-refractivity contribution in [3.05, 3.63) is 42.1 Å². The van der Waals surface area contributed by atoms with E-state index >= 15 is 0 Å². The van der Waals surface area contributed by atoms with Gasteiger partial charge >= 0.3 is 0 Å². The lowest BCUT2D eigenvalue weighted by molar-refractivity contribution is 0.587. The summed E-state index contributed by atoms with van der Waals surface area (Å²) in [5.74, 6) is 0.425. The summed E-state index contributed by atoms with van der Waals surface area (Å²) < 4.78 is 24.1. The van der Waals surface area contributed by atoms with Gasteiger partial charge in [-0.3, -0.25) is 0 Å². The van der Waals surface area contributed by atoms with E-state index < -0.39 is 10.0 Å². The molecule has 0 fully saturated rings. The van der Waals surface area contributed by atoms with Crippen molar-refractivity contribution < 1.29 is 8.42 Å². The quantitative estimate of drug-likeness (QED) is 0.916. The Labute approximate surface area is 106 Å². The maximum atomic E-state index is 11.4. The van der Waals surface area contributed by atoms with E-state index in [1.807, 2.05) is 24.3 Å². The van der Waals surface area contributed by atoms with Crippen LogP contribution in [0.1, 0.15) is 25.3 Å². The first kappa shape index (κ1) is 12.8. The third-order valence-electron chi connectivity index (χ3n) is 2.70. The average molecular weight is 265 g/mol. The van der Waals surface area contributed by atoms with E-state index in [1.165, 1.54) is 22.5 Å². The van der Waals surface area contributed by atoms with Gasteiger partial charge in [0.15, 0.2) is 5.03 Å². The molecule has 1 heterocycles. The molecule has 6 heteroatoms. The molecule has 0 saturated heterocycles. The largest absolute Gasteiger partial charge is 0.255 e. The van der Waals surface area contributed by atoms with Gasteiger partial charge in [-0.2, -0.15) is 5.10 Å². The molecule has 1 aromatic heterocycles. The summed E-state index contributed by atoms with van der Waals surface area (Å²) in [6.45, 7) is 4.19. The molecule has 0 aliphatic rings. The number of rotatable bonds is 3. The van der Waals surface area contributed by atoms with Crippen LogP contribution in [0.4, 0.5) is 0 Å². The highest BCUT2D eigenvalue weighted by atomic mass is 32.2. The second kappa shape index (κ2) is 4.55. The second-order valence-electron chi connectivity index (χ2n) is 4.37. The molecular formula is C12H15N3O2S. The van der Waals surface area contributed by atoms with Crippen molar-refractivity contribution in [3.63, 3.8) is 0 Å². The van der Waals surface area contributed by atoms with Crippen molar-refractivity contribution in [2.75, 3.05) is 0 Å². The minimum Gasteiger partial charge on any atom is -0.223 e. The predicted octanol–water partition coefficient (Wildman–Crippen LogP) is 1.64. The van der Waals surface area contributed by atoms with Crippen molar-refractivity contribution in [1.29, 1.82) is 0 Å². The summed E-state index contributed by atoms with van der Waals surface area (Å²) in [7, 11) is -3.76. The summed E-state index contributed by atoms with van der Waals surface area (Å²) in [6.07, 6.45) is 1.41. The number of hydrogen-bond acceptors (Lipinski definition) is 3. The molecule has 0 aliphatic heterocycles. The van der Waals surface area contributed by atoms with E-state index in [2.05, 4.69) is 18.9 Å². The predicted molar refractivity (Wildman–Crippen MR) is 69.0 cm³/mol. The smallest absolute Gasteiger partial charge is 0.223 e. The van der Waals surface area contributed by atoms with Gasteiger partial charge in [0, 0.05) is 0 Å². The van der Waals surface area contributed by atoms with E-state index in [-0.39, 0.29) is 5.03 Å². The van der Waals surface area contributed by atoms with E-state index in [0.717, 1.165) is 0 Å². The van der Waals surface area contributed by atoms with Gasteiger partial charge in [-0.15, -0.1) is 0 Å². The van der Waals surface area contributed by atoms with Crippen molar-refractivity contribution >= 4 is 10.0 Å². The Morgan fingerprint density at radius 2 is 1.78 bits per heavy atom. The first-order chi connectivity index (χ1) is 8.39. The molecule has 5 nitrogen and oxygen atoms in total. The zero-order chi connectivity index (χ0) is 13.3. The monoisotopic (exact) mass is 265 g/mol. The lowest BCUT2D eigenvalue weighted by Crippen LogP contribution is -2.17. The molecule has 18 heavy (non-hydrogen) atoms. The van der Waals surface area contributed by atoms with Gasteiger partial charge in [0.2, 0.25) is 0 Å². The third-order valence-corrected chi connectivity index (χ3v) is 3.60. The topological polar surface area (TPSA) is 78.0 Å². The van der Waals surface area contributed by atoms with Crippen LogP contribution in [0.25, 0.3) is 5.69 Å².